The highest BCUT2D eigenvalue weighted by Gasteiger charge is 2.10. The van der Waals surface area contributed by atoms with E-state index in [1.807, 2.05) is 0 Å². The van der Waals surface area contributed by atoms with Gasteiger partial charge >= 0.3 is 13.6 Å². The Bertz CT molecular complexity index is 232. The number of nitrogens with two attached hydrogens (primary N) is 1. The molecule has 0 aliphatic heterocycles. The SMILES string of the molecule is N[C@@H](CC=CP(=O)(O)O)C(=O)O. The molecule has 70 valence electrons. The van der Waals surface area contributed by atoms with E-state index < -0.39 is 19.6 Å². The van der Waals surface area contributed by atoms with Crippen molar-refractivity contribution >= 4 is 13.6 Å². The lowest BCUT2D eigenvalue weighted by Crippen LogP contribution is -2.29. The second kappa shape index (κ2) is 4.37. The van der Waals surface area contributed by atoms with Crippen molar-refractivity contribution in [2.24, 2.45) is 5.73 Å². The molecule has 0 unspecified atom stereocenters. The number of carboxylic acid groups (broad SMARTS) is 1. The molecule has 0 rings (SSSR count). The van der Waals surface area contributed by atoms with E-state index in [-0.39, 0.29) is 6.42 Å². The Balaban J connectivity index is 3.92. The van der Waals surface area contributed by atoms with E-state index in [0.717, 1.165) is 6.08 Å². The van der Waals surface area contributed by atoms with E-state index in [2.05, 4.69) is 0 Å². The predicted molar refractivity (Wildman–Crippen MR) is 41.4 cm³/mol. The maximum absolute atomic E-state index is 10.2. The Labute approximate surface area is 68.9 Å². The fraction of sp³-hybridized carbons (Fsp3) is 0.400. The summed E-state index contributed by atoms with van der Waals surface area (Å²) in [7, 11) is -4.18. The zero-order valence-corrected chi connectivity index (χ0v) is 7.02. The average molecular weight is 195 g/mol. The molecule has 1 atom stereocenters. The van der Waals surface area contributed by atoms with E-state index >= 15 is 0 Å². The van der Waals surface area contributed by atoms with Crippen LogP contribution in [-0.2, 0) is 9.36 Å². The molecule has 0 bridgehead atoms. The molecule has 12 heavy (non-hydrogen) atoms. The molecule has 6 nitrogen and oxygen atoms in total. The standard InChI is InChI=1S/C5H10NO5P/c6-4(5(7)8)2-1-3-12(9,10)11/h1,3-4H,2,6H2,(H,7,8)(H2,9,10,11)/t4-/m0/s1. The lowest BCUT2D eigenvalue weighted by atomic mass is 10.2. The maximum atomic E-state index is 10.2. The molecule has 0 radical (unpaired) electrons. The van der Waals surface area contributed by atoms with Crippen LogP contribution in [0.15, 0.2) is 11.9 Å². The highest BCUT2D eigenvalue weighted by molar-refractivity contribution is 7.55. The van der Waals surface area contributed by atoms with Crippen molar-refractivity contribution in [2.75, 3.05) is 0 Å². The van der Waals surface area contributed by atoms with Gasteiger partial charge in [0.05, 0.1) is 0 Å². The first-order valence-electron chi connectivity index (χ1n) is 3.04. The topological polar surface area (TPSA) is 121 Å². The van der Waals surface area contributed by atoms with Gasteiger partial charge < -0.3 is 20.6 Å². The summed E-state index contributed by atoms with van der Waals surface area (Å²) in [6.07, 6.45) is 0.958. The smallest absolute Gasteiger partial charge is 0.348 e. The third-order valence-electron chi connectivity index (χ3n) is 1.01. The summed E-state index contributed by atoms with van der Waals surface area (Å²) in [6, 6.07) is -1.12. The van der Waals surface area contributed by atoms with Gasteiger partial charge in [-0.25, -0.2) is 0 Å². The van der Waals surface area contributed by atoms with Gasteiger partial charge in [0.1, 0.15) is 6.04 Å². The molecule has 0 fully saturated rings. The number of carbonyl (C=O) groups is 1. The highest BCUT2D eigenvalue weighted by Crippen LogP contribution is 2.35. The minimum Gasteiger partial charge on any atom is -0.480 e. The van der Waals surface area contributed by atoms with Gasteiger partial charge in [-0.05, 0) is 6.42 Å². The Morgan fingerprint density at radius 1 is 1.58 bits per heavy atom. The van der Waals surface area contributed by atoms with E-state index in [1.165, 1.54) is 0 Å². The van der Waals surface area contributed by atoms with Crippen LogP contribution >= 0.6 is 7.60 Å². The Morgan fingerprint density at radius 2 is 2.08 bits per heavy atom. The van der Waals surface area contributed by atoms with Crippen LogP contribution in [0, 0.1) is 0 Å². The van der Waals surface area contributed by atoms with Gasteiger partial charge in [0.25, 0.3) is 0 Å². The van der Waals surface area contributed by atoms with E-state index in [9.17, 15) is 9.36 Å². The third kappa shape index (κ3) is 6.06. The van der Waals surface area contributed by atoms with Crippen LogP contribution in [0.5, 0.6) is 0 Å². The van der Waals surface area contributed by atoms with Gasteiger partial charge in [-0.3, -0.25) is 9.36 Å². The lowest BCUT2D eigenvalue weighted by molar-refractivity contribution is -0.138. The molecule has 0 saturated carbocycles. The molecule has 0 saturated heterocycles. The van der Waals surface area contributed by atoms with Crippen molar-refractivity contribution in [1.82, 2.24) is 0 Å². The van der Waals surface area contributed by atoms with Crippen LogP contribution < -0.4 is 5.73 Å². The van der Waals surface area contributed by atoms with Gasteiger partial charge in [-0.15, -0.1) is 0 Å². The summed E-state index contributed by atoms with van der Waals surface area (Å²) in [5.41, 5.74) is 5.04. The second-order valence-electron chi connectivity index (χ2n) is 2.15. The van der Waals surface area contributed by atoms with Gasteiger partial charge in [0, 0.05) is 5.82 Å². The Kier molecular flexibility index (Phi) is 4.12. The largest absolute Gasteiger partial charge is 0.480 e. The van der Waals surface area contributed by atoms with Crippen molar-refractivity contribution in [3.05, 3.63) is 11.9 Å². The summed E-state index contributed by atoms with van der Waals surface area (Å²) in [6.45, 7) is 0. The van der Waals surface area contributed by atoms with E-state index in [1.54, 1.807) is 0 Å². The summed E-state index contributed by atoms with van der Waals surface area (Å²) in [5.74, 6) is -0.569. The second-order valence-corrected chi connectivity index (χ2v) is 3.63. The van der Waals surface area contributed by atoms with Crippen molar-refractivity contribution < 1.29 is 24.3 Å². The first-order valence-corrected chi connectivity index (χ1v) is 4.72. The molecular formula is C5H10NO5P. The zero-order chi connectivity index (χ0) is 9.78. The number of hydrogen-bond acceptors (Lipinski definition) is 3. The van der Waals surface area contributed by atoms with E-state index in [4.69, 9.17) is 20.6 Å². The highest BCUT2D eigenvalue weighted by atomic mass is 31.2. The molecule has 0 aromatic rings. The van der Waals surface area contributed by atoms with Crippen molar-refractivity contribution in [2.45, 2.75) is 12.5 Å². The number of hydrogen-bond donors (Lipinski definition) is 4. The van der Waals surface area contributed by atoms with Gasteiger partial charge in [-0.1, -0.05) is 6.08 Å². The predicted octanol–water partition coefficient (Wildman–Crippen LogP) is -0.520. The number of carboxylic acids is 1. The van der Waals surface area contributed by atoms with Crippen LogP contribution in [0.3, 0.4) is 0 Å². The van der Waals surface area contributed by atoms with Crippen molar-refractivity contribution in [1.29, 1.82) is 0 Å². The summed E-state index contributed by atoms with van der Waals surface area (Å²) >= 11 is 0. The average Bonchev–Trinajstić information content (AvgIpc) is 1.84. The first kappa shape index (κ1) is 11.3. The summed E-state index contributed by atoms with van der Waals surface area (Å²) in [4.78, 5) is 26.7. The number of rotatable bonds is 4. The molecule has 0 aliphatic rings. The van der Waals surface area contributed by atoms with Crippen molar-refractivity contribution in [3.63, 3.8) is 0 Å². The van der Waals surface area contributed by atoms with Gasteiger partial charge in [-0.2, -0.15) is 0 Å². The van der Waals surface area contributed by atoms with E-state index in [0.29, 0.717) is 5.82 Å². The summed E-state index contributed by atoms with van der Waals surface area (Å²) < 4.78 is 10.2. The summed E-state index contributed by atoms with van der Waals surface area (Å²) in [5, 5.41) is 8.26. The zero-order valence-electron chi connectivity index (χ0n) is 6.12. The fourth-order valence-corrected chi connectivity index (χ4v) is 0.842. The molecule has 0 aliphatic carbocycles. The molecule has 0 aromatic heterocycles. The fourth-order valence-electron chi connectivity index (χ4n) is 0.446. The van der Waals surface area contributed by atoms with Gasteiger partial charge in [0.2, 0.25) is 0 Å². The first-order chi connectivity index (χ1) is 5.33. The van der Waals surface area contributed by atoms with Crippen LogP contribution in [0.25, 0.3) is 0 Å². The molecule has 0 aromatic carbocycles. The number of aliphatic carboxylic acids is 1. The lowest BCUT2D eigenvalue weighted by Gasteiger charge is -2.00. The van der Waals surface area contributed by atoms with Gasteiger partial charge in [0.15, 0.2) is 0 Å². The monoisotopic (exact) mass is 195 g/mol. The Hall–Kier alpha value is -0.680. The van der Waals surface area contributed by atoms with Crippen LogP contribution in [0.2, 0.25) is 0 Å². The van der Waals surface area contributed by atoms with Crippen LogP contribution in [-0.4, -0.2) is 26.9 Å². The molecular weight excluding hydrogens is 185 g/mol. The Morgan fingerprint density at radius 3 is 2.42 bits per heavy atom. The minimum atomic E-state index is -4.18. The molecule has 0 amide bonds. The van der Waals surface area contributed by atoms with Crippen molar-refractivity contribution in [3.8, 4) is 0 Å². The molecule has 0 spiro atoms. The normalized spacial score (nSPS) is 14.9. The molecule has 7 heteroatoms. The minimum absolute atomic E-state index is 0.0968. The van der Waals surface area contributed by atoms with Crippen LogP contribution in [0.1, 0.15) is 6.42 Å². The maximum Gasteiger partial charge on any atom is 0.348 e. The molecule has 5 N–H and O–H groups in total. The quantitative estimate of drug-likeness (QED) is 0.448. The third-order valence-corrected chi connectivity index (χ3v) is 1.61. The molecule has 0 heterocycles. The van der Waals surface area contributed by atoms with Crippen LogP contribution in [0.4, 0.5) is 0 Å².